The SMILES string of the molecule is CCc1nn2c(S(=O)(=O)Nc3ccc(C)cc3)c(C)nc2s1. The zero-order valence-electron chi connectivity index (χ0n) is 12.5. The van der Waals surface area contributed by atoms with Crippen LogP contribution in [0.2, 0.25) is 0 Å². The number of hydrogen-bond acceptors (Lipinski definition) is 5. The van der Waals surface area contributed by atoms with E-state index in [4.69, 9.17) is 0 Å². The van der Waals surface area contributed by atoms with Gasteiger partial charge < -0.3 is 0 Å². The summed E-state index contributed by atoms with van der Waals surface area (Å²) in [4.78, 5) is 4.90. The number of fused-ring (bicyclic) bond motifs is 1. The molecule has 0 bridgehead atoms. The quantitative estimate of drug-likeness (QED) is 0.795. The van der Waals surface area contributed by atoms with Crippen LogP contribution in [0.5, 0.6) is 0 Å². The molecule has 1 aromatic carbocycles. The molecule has 3 rings (SSSR count). The highest BCUT2D eigenvalue weighted by Crippen LogP contribution is 2.24. The molecule has 2 heterocycles. The molecule has 8 heteroatoms. The number of hydrogen-bond donors (Lipinski definition) is 1. The number of nitrogens with zero attached hydrogens (tertiary/aromatic N) is 3. The van der Waals surface area contributed by atoms with Gasteiger partial charge in [0.15, 0.2) is 0 Å². The Labute approximate surface area is 132 Å². The molecule has 0 saturated heterocycles. The van der Waals surface area contributed by atoms with Gasteiger partial charge in [-0.3, -0.25) is 4.72 Å². The molecule has 0 aliphatic carbocycles. The number of aryl methyl sites for hydroxylation is 3. The minimum atomic E-state index is -3.74. The van der Waals surface area contributed by atoms with E-state index in [0.717, 1.165) is 17.0 Å². The third-order valence-corrected chi connectivity index (χ3v) is 5.76. The molecule has 0 aliphatic rings. The van der Waals surface area contributed by atoms with Crippen LogP contribution in [0.15, 0.2) is 29.3 Å². The fourth-order valence-electron chi connectivity index (χ4n) is 2.15. The monoisotopic (exact) mass is 336 g/mol. The molecule has 3 aromatic rings. The predicted molar refractivity (Wildman–Crippen MR) is 87.0 cm³/mol. The van der Waals surface area contributed by atoms with E-state index in [0.29, 0.717) is 16.3 Å². The maximum Gasteiger partial charge on any atom is 0.281 e. The van der Waals surface area contributed by atoms with E-state index < -0.39 is 10.0 Å². The smallest absolute Gasteiger partial charge is 0.278 e. The van der Waals surface area contributed by atoms with Crippen LogP contribution in [0.3, 0.4) is 0 Å². The minimum Gasteiger partial charge on any atom is -0.278 e. The van der Waals surface area contributed by atoms with Gasteiger partial charge in [-0.2, -0.15) is 18.0 Å². The van der Waals surface area contributed by atoms with Crippen molar-refractivity contribution in [2.45, 2.75) is 32.2 Å². The standard InChI is InChI=1S/C14H16N4O2S2/c1-4-12-16-18-13(10(3)15-14(18)21-12)22(19,20)17-11-7-5-9(2)6-8-11/h5-8,17H,4H2,1-3H3. The Bertz CT molecular complexity index is 924. The number of aromatic nitrogens is 3. The molecule has 0 unspecified atom stereocenters. The second-order valence-corrected chi connectivity index (χ2v) is 7.66. The van der Waals surface area contributed by atoms with Crippen LogP contribution in [0.25, 0.3) is 4.96 Å². The first-order valence-corrected chi connectivity index (χ1v) is 9.15. The van der Waals surface area contributed by atoms with Gasteiger partial charge >= 0.3 is 0 Å². The molecular weight excluding hydrogens is 320 g/mol. The van der Waals surface area contributed by atoms with Gasteiger partial charge in [0, 0.05) is 5.69 Å². The number of imidazole rings is 1. The number of anilines is 1. The normalized spacial score (nSPS) is 12.0. The van der Waals surface area contributed by atoms with Crippen LogP contribution in [-0.4, -0.2) is 23.0 Å². The van der Waals surface area contributed by atoms with E-state index in [1.807, 2.05) is 26.0 Å². The van der Waals surface area contributed by atoms with Crippen molar-refractivity contribution >= 4 is 32.0 Å². The first-order valence-electron chi connectivity index (χ1n) is 6.85. The zero-order chi connectivity index (χ0) is 15.9. The minimum absolute atomic E-state index is 0.0963. The van der Waals surface area contributed by atoms with E-state index >= 15 is 0 Å². The topological polar surface area (TPSA) is 76.4 Å². The van der Waals surface area contributed by atoms with Crippen molar-refractivity contribution in [3.05, 3.63) is 40.5 Å². The van der Waals surface area contributed by atoms with Crippen molar-refractivity contribution in [2.24, 2.45) is 0 Å². The highest BCUT2D eigenvalue weighted by molar-refractivity contribution is 7.92. The molecular formula is C14H16N4O2S2. The lowest BCUT2D eigenvalue weighted by Crippen LogP contribution is -2.16. The fraction of sp³-hybridized carbons (Fsp3) is 0.286. The van der Waals surface area contributed by atoms with Gasteiger partial charge in [-0.25, -0.2) is 4.98 Å². The summed E-state index contributed by atoms with van der Waals surface area (Å²) >= 11 is 1.41. The highest BCUT2D eigenvalue weighted by Gasteiger charge is 2.25. The molecule has 116 valence electrons. The van der Waals surface area contributed by atoms with Crippen LogP contribution in [0, 0.1) is 13.8 Å². The average molecular weight is 336 g/mol. The van der Waals surface area contributed by atoms with Crippen molar-refractivity contribution in [3.63, 3.8) is 0 Å². The van der Waals surface area contributed by atoms with E-state index in [1.54, 1.807) is 19.1 Å². The Hall–Kier alpha value is -1.93. The number of nitrogens with one attached hydrogen (secondary N) is 1. The molecule has 0 amide bonds. The van der Waals surface area contributed by atoms with Gasteiger partial charge in [0.2, 0.25) is 9.99 Å². The van der Waals surface area contributed by atoms with Crippen molar-refractivity contribution in [1.29, 1.82) is 0 Å². The van der Waals surface area contributed by atoms with Gasteiger partial charge in [0.05, 0.1) is 5.69 Å². The molecule has 1 N–H and O–H groups in total. The van der Waals surface area contributed by atoms with Gasteiger partial charge in [0.25, 0.3) is 10.0 Å². The molecule has 0 saturated carbocycles. The summed E-state index contributed by atoms with van der Waals surface area (Å²) in [6.45, 7) is 5.60. The second kappa shape index (κ2) is 5.36. The third-order valence-electron chi connectivity index (χ3n) is 3.23. The third kappa shape index (κ3) is 2.59. The summed E-state index contributed by atoms with van der Waals surface area (Å²) in [6.07, 6.45) is 0.748. The average Bonchev–Trinajstić information content (AvgIpc) is 2.96. The first-order chi connectivity index (χ1) is 10.4. The van der Waals surface area contributed by atoms with E-state index in [1.165, 1.54) is 15.9 Å². The molecule has 6 nitrogen and oxygen atoms in total. The Morgan fingerprint density at radius 3 is 2.55 bits per heavy atom. The Morgan fingerprint density at radius 2 is 1.91 bits per heavy atom. The lowest BCUT2D eigenvalue weighted by atomic mass is 10.2. The summed E-state index contributed by atoms with van der Waals surface area (Å²) < 4.78 is 29.3. The Kier molecular flexibility index (Phi) is 3.65. The maximum atomic E-state index is 12.7. The van der Waals surface area contributed by atoms with Crippen LogP contribution < -0.4 is 4.72 Å². The van der Waals surface area contributed by atoms with Crippen LogP contribution in [0.1, 0.15) is 23.2 Å². The number of rotatable bonds is 4. The lowest BCUT2D eigenvalue weighted by molar-refractivity contribution is 0.592. The van der Waals surface area contributed by atoms with Crippen molar-refractivity contribution in [1.82, 2.24) is 14.6 Å². The first kappa shape index (κ1) is 15.0. The maximum absolute atomic E-state index is 12.7. The number of sulfonamides is 1. The van der Waals surface area contributed by atoms with Crippen molar-refractivity contribution < 1.29 is 8.42 Å². The van der Waals surface area contributed by atoms with E-state index in [2.05, 4.69) is 14.8 Å². The van der Waals surface area contributed by atoms with Crippen LogP contribution >= 0.6 is 11.3 Å². The summed E-state index contributed by atoms with van der Waals surface area (Å²) in [6, 6.07) is 7.18. The highest BCUT2D eigenvalue weighted by atomic mass is 32.2. The Balaban J connectivity index is 2.06. The second-order valence-electron chi connectivity index (χ2n) is 5.02. The molecule has 0 spiro atoms. The number of benzene rings is 1. The van der Waals surface area contributed by atoms with Crippen LogP contribution in [-0.2, 0) is 16.4 Å². The van der Waals surface area contributed by atoms with Crippen molar-refractivity contribution in [2.75, 3.05) is 4.72 Å². The summed E-state index contributed by atoms with van der Waals surface area (Å²) in [7, 11) is -3.74. The largest absolute Gasteiger partial charge is 0.281 e. The van der Waals surface area contributed by atoms with E-state index in [-0.39, 0.29) is 5.03 Å². The van der Waals surface area contributed by atoms with Crippen molar-refractivity contribution in [3.8, 4) is 0 Å². The fourth-order valence-corrected chi connectivity index (χ4v) is 4.42. The summed E-state index contributed by atoms with van der Waals surface area (Å²) in [5.74, 6) is 0. The molecule has 0 aliphatic heterocycles. The molecule has 2 aromatic heterocycles. The van der Waals surface area contributed by atoms with Gasteiger partial charge in [0.1, 0.15) is 5.01 Å². The summed E-state index contributed by atoms with van der Waals surface area (Å²) in [5, 5.41) is 5.28. The van der Waals surface area contributed by atoms with Gasteiger partial charge in [-0.1, -0.05) is 36.0 Å². The van der Waals surface area contributed by atoms with Gasteiger partial charge in [-0.05, 0) is 32.4 Å². The van der Waals surface area contributed by atoms with E-state index in [9.17, 15) is 8.42 Å². The Morgan fingerprint density at radius 1 is 1.23 bits per heavy atom. The predicted octanol–water partition coefficient (Wildman–Crippen LogP) is 2.77. The molecule has 22 heavy (non-hydrogen) atoms. The lowest BCUT2D eigenvalue weighted by Gasteiger charge is -2.07. The zero-order valence-corrected chi connectivity index (χ0v) is 14.1. The molecule has 0 radical (unpaired) electrons. The summed E-state index contributed by atoms with van der Waals surface area (Å²) in [5.41, 5.74) is 2.03. The van der Waals surface area contributed by atoms with Gasteiger partial charge in [-0.15, -0.1) is 0 Å². The molecule has 0 fully saturated rings. The van der Waals surface area contributed by atoms with Crippen LogP contribution in [0.4, 0.5) is 5.69 Å². The molecule has 0 atom stereocenters.